The molecule has 0 aliphatic carbocycles. The van der Waals surface area contributed by atoms with Crippen molar-refractivity contribution >= 4 is 0 Å². The molecule has 68 valence electrons. The van der Waals surface area contributed by atoms with Crippen LogP contribution in [0.1, 0.15) is 26.2 Å². The Bertz CT molecular complexity index is 154. The third kappa shape index (κ3) is 9.18. The average Bonchev–Trinajstić information content (AvgIpc) is 2.02. The minimum absolute atomic E-state index is 0.165. The molecule has 0 rings (SSSR count). The van der Waals surface area contributed by atoms with Crippen LogP contribution in [0, 0.1) is 0 Å². The molecule has 0 fully saturated rings. The van der Waals surface area contributed by atoms with Crippen molar-refractivity contribution in [2.24, 2.45) is 0 Å². The summed E-state index contributed by atoms with van der Waals surface area (Å²) in [4.78, 5) is 0. The summed E-state index contributed by atoms with van der Waals surface area (Å²) >= 11 is 0. The Hall–Kier alpha value is -0.820. The predicted molar refractivity (Wildman–Crippen MR) is 54.0 cm³/mol. The molecule has 0 saturated heterocycles. The van der Waals surface area contributed by atoms with E-state index in [9.17, 15) is 0 Å². The maximum absolute atomic E-state index is 8.94. The monoisotopic (exact) mass is 166 g/mol. The number of hydrogen-bond donors (Lipinski definition) is 1. The SMILES string of the molecule is C=C/C=C/C=C/CCCC(C)O. The van der Waals surface area contributed by atoms with Crippen molar-refractivity contribution < 1.29 is 5.11 Å². The van der Waals surface area contributed by atoms with Crippen LogP contribution >= 0.6 is 0 Å². The normalized spacial score (nSPS) is 14.2. The van der Waals surface area contributed by atoms with E-state index in [-0.39, 0.29) is 6.10 Å². The molecular formula is C11H18O. The summed E-state index contributed by atoms with van der Waals surface area (Å²) in [6.07, 6.45) is 12.5. The van der Waals surface area contributed by atoms with Gasteiger partial charge in [-0.15, -0.1) is 0 Å². The van der Waals surface area contributed by atoms with Gasteiger partial charge in [0.25, 0.3) is 0 Å². The van der Waals surface area contributed by atoms with E-state index in [2.05, 4.69) is 12.7 Å². The predicted octanol–water partition coefficient (Wildman–Crippen LogP) is 2.84. The fourth-order valence-electron chi connectivity index (χ4n) is 0.849. The molecule has 0 saturated carbocycles. The molecule has 1 nitrogen and oxygen atoms in total. The van der Waals surface area contributed by atoms with Crippen LogP contribution in [-0.4, -0.2) is 11.2 Å². The zero-order chi connectivity index (χ0) is 9.23. The first-order valence-electron chi connectivity index (χ1n) is 4.39. The molecule has 0 aromatic heterocycles. The molecule has 1 N–H and O–H groups in total. The molecule has 1 heteroatoms. The third-order valence-corrected chi connectivity index (χ3v) is 1.49. The van der Waals surface area contributed by atoms with E-state index in [1.165, 1.54) is 0 Å². The van der Waals surface area contributed by atoms with Gasteiger partial charge in [-0.2, -0.15) is 0 Å². The Labute approximate surface area is 75.1 Å². The zero-order valence-electron chi connectivity index (χ0n) is 7.74. The van der Waals surface area contributed by atoms with E-state index in [1.807, 2.05) is 25.2 Å². The van der Waals surface area contributed by atoms with Gasteiger partial charge < -0.3 is 5.11 Å². The van der Waals surface area contributed by atoms with Gasteiger partial charge in [0.15, 0.2) is 0 Å². The lowest BCUT2D eigenvalue weighted by Gasteiger charge is -1.99. The summed E-state index contributed by atoms with van der Waals surface area (Å²) in [5.74, 6) is 0. The highest BCUT2D eigenvalue weighted by molar-refractivity contribution is 5.08. The lowest BCUT2D eigenvalue weighted by Crippen LogP contribution is -1.97. The number of unbranched alkanes of at least 4 members (excludes halogenated alkanes) is 1. The van der Waals surface area contributed by atoms with Gasteiger partial charge in [0, 0.05) is 0 Å². The smallest absolute Gasteiger partial charge is 0.0512 e. The van der Waals surface area contributed by atoms with Crippen LogP contribution in [-0.2, 0) is 0 Å². The largest absolute Gasteiger partial charge is 0.393 e. The zero-order valence-corrected chi connectivity index (χ0v) is 7.74. The number of aliphatic hydroxyl groups excluding tert-OH is 1. The highest BCUT2D eigenvalue weighted by Crippen LogP contribution is 2.00. The quantitative estimate of drug-likeness (QED) is 0.475. The van der Waals surface area contributed by atoms with Crippen molar-refractivity contribution in [3.05, 3.63) is 37.0 Å². The summed E-state index contributed by atoms with van der Waals surface area (Å²) in [7, 11) is 0. The van der Waals surface area contributed by atoms with E-state index < -0.39 is 0 Å². The molecule has 0 radical (unpaired) electrons. The molecule has 0 spiro atoms. The Balaban J connectivity index is 3.24. The molecule has 0 aliphatic rings. The van der Waals surface area contributed by atoms with Crippen LogP contribution in [0.5, 0.6) is 0 Å². The summed E-state index contributed by atoms with van der Waals surface area (Å²) in [6.45, 7) is 5.38. The molecule has 0 bridgehead atoms. The summed E-state index contributed by atoms with van der Waals surface area (Å²) < 4.78 is 0. The summed E-state index contributed by atoms with van der Waals surface area (Å²) in [5.41, 5.74) is 0. The molecular weight excluding hydrogens is 148 g/mol. The van der Waals surface area contributed by atoms with Crippen LogP contribution in [0.15, 0.2) is 37.0 Å². The van der Waals surface area contributed by atoms with Gasteiger partial charge >= 0.3 is 0 Å². The van der Waals surface area contributed by atoms with Gasteiger partial charge in [0.2, 0.25) is 0 Å². The van der Waals surface area contributed by atoms with E-state index in [1.54, 1.807) is 6.08 Å². The fraction of sp³-hybridized carbons (Fsp3) is 0.455. The lowest BCUT2D eigenvalue weighted by atomic mass is 10.1. The molecule has 1 unspecified atom stereocenters. The standard InChI is InChI=1S/C11H18O/c1-3-4-5-6-7-8-9-10-11(2)12/h3-7,11-12H,1,8-10H2,2H3/b5-4+,7-6+. The molecule has 1 atom stereocenters. The van der Waals surface area contributed by atoms with Crippen LogP contribution in [0.4, 0.5) is 0 Å². The Morgan fingerprint density at radius 1 is 1.33 bits per heavy atom. The number of rotatable bonds is 6. The van der Waals surface area contributed by atoms with Crippen molar-refractivity contribution in [3.63, 3.8) is 0 Å². The van der Waals surface area contributed by atoms with Gasteiger partial charge in [0.1, 0.15) is 0 Å². The average molecular weight is 166 g/mol. The van der Waals surface area contributed by atoms with Gasteiger partial charge in [-0.3, -0.25) is 0 Å². The van der Waals surface area contributed by atoms with E-state index in [0.717, 1.165) is 19.3 Å². The van der Waals surface area contributed by atoms with E-state index in [0.29, 0.717) is 0 Å². The maximum Gasteiger partial charge on any atom is 0.0512 e. The van der Waals surface area contributed by atoms with Crippen molar-refractivity contribution in [1.29, 1.82) is 0 Å². The second-order valence-electron chi connectivity index (χ2n) is 2.83. The summed E-state index contributed by atoms with van der Waals surface area (Å²) in [5, 5.41) is 8.94. The first-order valence-corrected chi connectivity index (χ1v) is 4.39. The summed E-state index contributed by atoms with van der Waals surface area (Å²) in [6, 6.07) is 0. The van der Waals surface area contributed by atoms with Crippen LogP contribution < -0.4 is 0 Å². The minimum Gasteiger partial charge on any atom is -0.393 e. The van der Waals surface area contributed by atoms with Crippen LogP contribution in [0.3, 0.4) is 0 Å². The molecule has 0 heterocycles. The topological polar surface area (TPSA) is 20.2 Å². The highest BCUT2D eigenvalue weighted by Gasteiger charge is 1.91. The van der Waals surface area contributed by atoms with Crippen LogP contribution in [0.25, 0.3) is 0 Å². The second kappa shape index (κ2) is 8.28. The number of hydrogen-bond acceptors (Lipinski definition) is 1. The minimum atomic E-state index is -0.165. The Morgan fingerprint density at radius 3 is 2.67 bits per heavy atom. The van der Waals surface area contributed by atoms with Crippen LogP contribution in [0.2, 0.25) is 0 Å². The lowest BCUT2D eigenvalue weighted by molar-refractivity contribution is 0.182. The third-order valence-electron chi connectivity index (χ3n) is 1.49. The molecule has 0 amide bonds. The van der Waals surface area contributed by atoms with Gasteiger partial charge in [0.05, 0.1) is 6.10 Å². The fourth-order valence-corrected chi connectivity index (χ4v) is 0.849. The second-order valence-corrected chi connectivity index (χ2v) is 2.83. The molecule has 0 aromatic rings. The van der Waals surface area contributed by atoms with Crippen molar-refractivity contribution in [1.82, 2.24) is 0 Å². The molecule has 12 heavy (non-hydrogen) atoms. The van der Waals surface area contributed by atoms with E-state index >= 15 is 0 Å². The first-order chi connectivity index (χ1) is 5.77. The van der Waals surface area contributed by atoms with Gasteiger partial charge in [-0.1, -0.05) is 37.0 Å². The van der Waals surface area contributed by atoms with Gasteiger partial charge in [-0.05, 0) is 26.2 Å². The van der Waals surface area contributed by atoms with E-state index in [4.69, 9.17) is 5.11 Å². The maximum atomic E-state index is 8.94. The van der Waals surface area contributed by atoms with Gasteiger partial charge in [-0.25, -0.2) is 0 Å². The van der Waals surface area contributed by atoms with Crippen molar-refractivity contribution in [3.8, 4) is 0 Å². The van der Waals surface area contributed by atoms with Crippen molar-refractivity contribution in [2.75, 3.05) is 0 Å². The first kappa shape index (κ1) is 11.2. The molecule has 0 aromatic carbocycles. The number of aliphatic hydroxyl groups is 1. The Kier molecular flexibility index (Phi) is 7.71. The number of allylic oxidation sites excluding steroid dienone is 5. The molecule has 0 aliphatic heterocycles. The Morgan fingerprint density at radius 2 is 2.08 bits per heavy atom. The highest BCUT2D eigenvalue weighted by atomic mass is 16.3. The van der Waals surface area contributed by atoms with Crippen molar-refractivity contribution in [2.45, 2.75) is 32.3 Å².